The van der Waals surface area contributed by atoms with Crippen molar-refractivity contribution in [2.75, 3.05) is 25.9 Å². The van der Waals surface area contributed by atoms with Crippen LogP contribution in [0.4, 0.5) is 19.1 Å². The number of nitrogens with two attached hydrogens (primary N) is 1. The number of ether oxygens (including phenoxy) is 1. The Kier molecular flexibility index (Phi) is 6.35. The molecule has 38 heavy (non-hydrogen) atoms. The Morgan fingerprint density at radius 1 is 1.16 bits per heavy atom. The smallest absolute Gasteiger partial charge is 0.267 e. The highest BCUT2D eigenvalue weighted by Crippen LogP contribution is 2.29. The van der Waals surface area contributed by atoms with E-state index in [-0.39, 0.29) is 41.6 Å². The van der Waals surface area contributed by atoms with Gasteiger partial charge < -0.3 is 20.7 Å². The molecule has 1 aliphatic heterocycles. The second-order valence-electron chi connectivity index (χ2n) is 8.79. The molecule has 3 aromatic heterocycles. The summed E-state index contributed by atoms with van der Waals surface area (Å²) in [6, 6.07) is 8.43. The van der Waals surface area contributed by atoms with Crippen molar-refractivity contribution in [1.82, 2.24) is 29.8 Å². The summed E-state index contributed by atoms with van der Waals surface area (Å²) in [5, 5.41) is 6.67. The Bertz CT molecular complexity index is 1560. The molecule has 10 nitrogen and oxygen atoms in total. The van der Waals surface area contributed by atoms with Gasteiger partial charge in [-0.05, 0) is 47.5 Å². The first-order valence-corrected chi connectivity index (χ1v) is 11.5. The first-order valence-electron chi connectivity index (χ1n) is 11.5. The van der Waals surface area contributed by atoms with Crippen molar-refractivity contribution in [3.8, 4) is 17.0 Å². The van der Waals surface area contributed by atoms with E-state index in [2.05, 4.69) is 20.4 Å². The van der Waals surface area contributed by atoms with Crippen molar-refractivity contribution in [3.05, 3.63) is 71.3 Å². The molecule has 1 saturated heterocycles. The van der Waals surface area contributed by atoms with Crippen LogP contribution in [0.25, 0.3) is 16.8 Å². The molecule has 0 spiro atoms. The molecule has 5 rings (SSSR count). The van der Waals surface area contributed by atoms with Gasteiger partial charge in [-0.1, -0.05) is 0 Å². The highest BCUT2D eigenvalue weighted by atomic mass is 19.3. The number of benzene rings is 1. The van der Waals surface area contributed by atoms with Gasteiger partial charge in [-0.3, -0.25) is 9.59 Å². The SMILES string of the molecule is COc1ncc(-c2ccn3nc(N)nc3c2)cc1C(=O)NCc1cc(F)ccc1C(=O)N1CCC(F)(F)C1. The van der Waals surface area contributed by atoms with E-state index < -0.39 is 36.5 Å². The molecule has 0 unspecified atom stereocenters. The number of amides is 2. The number of hydrogen-bond donors (Lipinski definition) is 2. The molecule has 196 valence electrons. The topological polar surface area (TPSA) is 128 Å². The summed E-state index contributed by atoms with van der Waals surface area (Å²) in [5.74, 6) is -4.69. The Labute approximate surface area is 214 Å². The maximum atomic E-state index is 14.0. The summed E-state index contributed by atoms with van der Waals surface area (Å²) >= 11 is 0. The van der Waals surface area contributed by atoms with Crippen LogP contribution in [-0.2, 0) is 6.54 Å². The molecule has 0 saturated carbocycles. The van der Waals surface area contributed by atoms with Crippen molar-refractivity contribution < 1.29 is 27.5 Å². The van der Waals surface area contributed by atoms with Gasteiger partial charge in [0, 0.05) is 43.0 Å². The maximum absolute atomic E-state index is 14.0. The molecular weight excluding hydrogens is 503 g/mol. The zero-order valence-electron chi connectivity index (χ0n) is 20.1. The van der Waals surface area contributed by atoms with Gasteiger partial charge >= 0.3 is 0 Å². The van der Waals surface area contributed by atoms with Gasteiger partial charge in [0.25, 0.3) is 17.7 Å². The Hall–Kier alpha value is -4.68. The van der Waals surface area contributed by atoms with E-state index in [0.717, 1.165) is 17.0 Å². The number of carbonyl (C=O) groups excluding carboxylic acids is 2. The lowest BCUT2D eigenvalue weighted by molar-refractivity contribution is 0.0120. The van der Waals surface area contributed by atoms with Crippen molar-refractivity contribution in [2.45, 2.75) is 18.9 Å². The predicted octanol–water partition coefficient (Wildman–Crippen LogP) is 2.93. The van der Waals surface area contributed by atoms with Crippen LogP contribution < -0.4 is 15.8 Å². The monoisotopic (exact) mass is 525 g/mol. The van der Waals surface area contributed by atoms with E-state index in [1.807, 2.05) is 0 Å². The minimum Gasteiger partial charge on any atom is -0.480 e. The number of aromatic nitrogens is 4. The molecule has 1 aromatic carbocycles. The molecule has 1 fully saturated rings. The van der Waals surface area contributed by atoms with Crippen molar-refractivity contribution in [2.24, 2.45) is 0 Å². The van der Waals surface area contributed by atoms with E-state index in [0.29, 0.717) is 16.8 Å². The second-order valence-corrected chi connectivity index (χ2v) is 8.79. The quantitative estimate of drug-likeness (QED) is 0.396. The van der Waals surface area contributed by atoms with Gasteiger partial charge in [0.2, 0.25) is 11.8 Å². The molecule has 0 bridgehead atoms. The van der Waals surface area contributed by atoms with Crippen molar-refractivity contribution >= 4 is 23.4 Å². The van der Waals surface area contributed by atoms with Crippen molar-refractivity contribution in [3.63, 3.8) is 0 Å². The molecule has 4 aromatic rings. The fourth-order valence-corrected chi connectivity index (χ4v) is 4.28. The molecular formula is C25H22F3N7O3. The summed E-state index contributed by atoms with van der Waals surface area (Å²) in [7, 11) is 1.36. The molecule has 4 heterocycles. The van der Waals surface area contributed by atoms with Crippen molar-refractivity contribution in [1.29, 1.82) is 0 Å². The summed E-state index contributed by atoms with van der Waals surface area (Å²) in [6.45, 7) is -1.06. The highest BCUT2D eigenvalue weighted by Gasteiger charge is 2.40. The number of alkyl halides is 2. The lowest BCUT2D eigenvalue weighted by Gasteiger charge is -2.18. The van der Waals surface area contributed by atoms with E-state index in [9.17, 15) is 22.8 Å². The molecule has 0 aliphatic carbocycles. The summed E-state index contributed by atoms with van der Waals surface area (Å²) < 4.78 is 48.1. The Balaban J connectivity index is 1.39. The van der Waals surface area contributed by atoms with Crippen LogP contribution in [0.15, 0.2) is 48.8 Å². The lowest BCUT2D eigenvalue weighted by atomic mass is 10.0. The average Bonchev–Trinajstić information content (AvgIpc) is 3.46. The van der Waals surface area contributed by atoms with Crippen LogP contribution in [-0.4, -0.2) is 62.4 Å². The number of halogens is 3. The highest BCUT2D eigenvalue weighted by molar-refractivity contribution is 5.98. The zero-order valence-corrected chi connectivity index (χ0v) is 20.1. The number of methoxy groups -OCH3 is 1. The number of nitrogens with zero attached hydrogens (tertiary/aromatic N) is 5. The molecule has 0 radical (unpaired) electrons. The minimum absolute atomic E-state index is 0.0316. The molecule has 1 aliphatic rings. The standard InChI is InChI=1S/C25H22F3N7O3/c1-38-22-19(9-15(11-31-22)14-4-6-35-20(10-14)32-24(29)33-35)21(36)30-12-16-8-17(26)2-3-18(16)23(37)34-7-5-25(27,28)13-34/h2-4,6,8-11H,5,7,12-13H2,1H3,(H2,29,33)(H,30,36). The number of hydrogen-bond acceptors (Lipinski definition) is 7. The number of likely N-dealkylation sites (tertiary alicyclic amines) is 1. The van der Waals surface area contributed by atoms with E-state index >= 15 is 0 Å². The van der Waals surface area contributed by atoms with E-state index in [4.69, 9.17) is 10.5 Å². The molecule has 2 amide bonds. The largest absolute Gasteiger partial charge is 0.480 e. The number of rotatable bonds is 6. The van der Waals surface area contributed by atoms with Gasteiger partial charge in [-0.15, -0.1) is 5.10 Å². The van der Waals surface area contributed by atoms with Gasteiger partial charge in [0.15, 0.2) is 5.65 Å². The minimum atomic E-state index is -2.97. The van der Waals surface area contributed by atoms with Crippen LogP contribution in [0.5, 0.6) is 5.88 Å². The number of nitrogens with one attached hydrogen (secondary N) is 1. The molecule has 3 N–H and O–H groups in total. The average molecular weight is 525 g/mol. The fraction of sp³-hybridized carbons (Fsp3) is 0.240. The lowest BCUT2D eigenvalue weighted by Crippen LogP contribution is -2.33. The van der Waals surface area contributed by atoms with Crippen LogP contribution in [0.1, 0.15) is 32.7 Å². The van der Waals surface area contributed by atoms with E-state index in [1.165, 1.54) is 23.9 Å². The van der Waals surface area contributed by atoms with Gasteiger partial charge in [-0.2, -0.15) is 4.98 Å². The zero-order chi connectivity index (χ0) is 27.0. The van der Waals surface area contributed by atoms with Crippen LogP contribution in [0, 0.1) is 5.82 Å². The fourth-order valence-electron chi connectivity index (χ4n) is 4.28. The second kappa shape index (κ2) is 9.65. The van der Waals surface area contributed by atoms with Crippen LogP contribution >= 0.6 is 0 Å². The number of nitrogen functional groups attached to an aromatic ring is 1. The number of pyridine rings is 2. The maximum Gasteiger partial charge on any atom is 0.267 e. The molecule has 0 atom stereocenters. The molecule has 13 heteroatoms. The van der Waals surface area contributed by atoms with Crippen LogP contribution in [0.3, 0.4) is 0 Å². The Morgan fingerprint density at radius 3 is 2.71 bits per heavy atom. The van der Waals surface area contributed by atoms with Gasteiger partial charge in [-0.25, -0.2) is 22.7 Å². The first-order chi connectivity index (χ1) is 18.1. The third kappa shape index (κ3) is 4.94. The van der Waals surface area contributed by atoms with Gasteiger partial charge in [0.05, 0.1) is 13.7 Å². The van der Waals surface area contributed by atoms with Crippen LogP contribution in [0.2, 0.25) is 0 Å². The third-order valence-electron chi connectivity index (χ3n) is 6.17. The number of anilines is 1. The Morgan fingerprint density at radius 2 is 1.97 bits per heavy atom. The van der Waals surface area contributed by atoms with Gasteiger partial charge in [0.1, 0.15) is 11.4 Å². The van der Waals surface area contributed by atoms with E-state index in [1.54, 1.807) is 24.4 Å². The summed E-state index contributed by atoms with van der Waals surface area (Å²) in [5.41, 5.74) is 7.69. The predicted molar refractivity (Wildman–Crippen MR) is 130 cm³/mol. The summed E-state index contributed by atoms with van der Waals surface area (Å²) in [4.78, 5) is 35.4. The first kappa shape index (κ1) is 25.0. The summed E-state index contributed by atoms with van der Waals surface area (Å²) in [6.07, 6.45) is 2.75. The third-order valence-corrected chi connectivity index (χ3v) is 6.17. The normalized spacial score (nSPS) is 14.6. The number of fused-ring (bicyclic) bond motifs is 1. The number of carbonyl (C=O) groups is 2.